The van der Waals surface area contributed by atoms with Crippen molar-refractivity contribution in [3.63, 3.8) is 0 Å². The summed E-state index contributed by atoms with van der Waals surface area (Å²) in [5, 5.41) is 0. The van der Waals surface area contributed by atoms with Crippen LogP contribution in [0.2, 0.25) is 0 Å². The van der Waals surface area contributed by atoms with Gasteiger partial charge in [0.25, 0.3) is 5.91 Å². The Labute approximate surface area is 96.2 Å². The second kappa shape index (κ2) is 4.43. The molecular formula is C11H12F3NO2. The van der Waals surface area contributed by atoms with Crippen molar-refractivity contribution in [2.45, 2.75) is 19.0 Å². The van der Waals surface area contributed by atoms with Crippen molar-refractivity contribution in [1.82, 2.24) is 4.90 Å². The summed E-state index contributed by atoms with van der Waals surface area (Å²) in [6.07, 6.45) is -1.17. The number of hydrogen-bond donors (Lipinski definition) is 0. The van der Waals surface area contributed by atoms with Gasteiger partial charge in [-0.3, -0.25) is 4.79 Å². The number of furan rings is 1. The number of likely N-dealkylation sites (tertiary alicyclic amines) is 1. The van der Waals surface area contributed by atoms with Gasteiger partial charge in [0.15, 0.2) is 0 Å². The van der Waals surface area contributed by atoms with Gasteiger partial charge in [0, 0.05) is 13.1 Å². The van der Waals surface area contributed by atoms with Crippen LogP contribution in [0.5, 0.6) is 0 Å². The van der Waals surface area contributed by atoms with Crippen LogP contribution in [-0.4, -0.2) is 30.1 Å². The van der Waals surface area contributed by atoms with Crippen molar-refractivity contribution in [1.29, 1.82) is 0 Å². The molecule has 0 radical (unpaired) electrons. The number of carbonyl (C=O) groups is 1. The van der Waals surface area contributed by atoms with E-state index in [1.807, 2.05) is 0 Å². The summed E-state index contributed by atoms with van der Waals surface area (Å²) < 4.78 is 42.4. The van der Waals surface area contributed by atoms with E-state index in [2.05, 4.69) is 0 Å². The molecule has 1 aromatic rings. The Morgan fingerprint density at radius 1 is 1.47 bits per heavy atom. The van der Waals surface area contributed by atoms with E-state index in [-0.39, 0.29) is 13.0 Å². The Kier molecular flexibility index (Phi) is 3.13. The summed E-state index contributed by atoms with van der Waals surface area (Å²) in [4.78, 5) is 13.1. The van der Waals surface area contributed by atoms with Crippen LogP contribution >= 0.6 is 0 Å². The Morgan fingerprint density at radius 3 is 2.82 bits per heavy atom. The zero-order valence-electron chi connectivity index (χ0n) is 9.04. The van der Waals surface area contributed by atoms with Gasteiger partial charge in [0.05, 0.1) is 17.7 Å². The van der Waals surface area contributed by atoms with Crippen molar-refractivity contribution in [2.24, 2.45) is 5.92 Å². The van der Waals surface area contributed by atoms with E-state index in [0.717, 1.165) is 0 Å². The van der Waals surface area contributed by atoms with Crippen molar-refractivity contribution >= 4 is 5.91 Å². The summed E-state index contributed by atoms with van der Waals surface area (Å²) in [6.45, 7) is 0.115. The highest BCUT2D eigenvalue weighted by molar-refractivity contribution is 5.93. The van der Waals surface area contributed by atoms with Crippen molar-refractivity contribution in [3.05, 3.63) is 24.2 Å². The fourth-order valence-electron chi connectivity index (χ4n) is 2.00. The monoisotopic (exact) mass is 247 g/mol. The first-order valence-corrected chi connectivity index (χ1v) is 5.36. The summed E-state index contributed by atoms with van der Waals surface area (Å²) in [5.41, 5.74) is 0.299. The van der Waals surface area contributed by atoms with Crippen LogP contribution in [0.25, 0.3) is 0 Å². The Morgan fingerprint density at radius 2 is 2.24 bits per heavy atom. The van der Waals surface area contributed by atoms with Gasteiger partial charge >= 0.3 is 6.18 Å². The molecule has 2 rings (SSSR count). The smallest absolute Gasteiger partial charge is 0.393 e. The number of alkyl halides is 3. The second-order valence-electron chi connectivity index (χ2n) is 4.14. The van der Waals surface area contributed by atoms with E-state index in [0.29, 0.717) is 18.5 Å². The number of nitrogens with zero attached hydrogens (tertiary/aromatic N) is 1. The largest absolute Gasteiger partial charge is 0.472 e. The van der Waals surface area contributed by atoms with Gasteiger partial charge in [-0.15, -0.1) is 0 Å². The molecule has 1 aliphatic rings. The third-order valence-electron chi connectivity index (χ3n) is 2.94. The molecule has 94 valence electrons. The lowest BCUT2D eigenvalue weighted by molar-refractivity contribution is -0.184. The summed E-state index contributed by atoms with van der Waals surface area (Å²) in [5.74, 6) is -1.81. The SMILES string of the molecule is O=C(c1ccoc1)N1CCCC(C(F)(F)F)C1. The van der Waals surface area contributed by atoms with Gasteiger partial charge in [0.2, 0.25) is 0 Å². The maximum Gasteiger partial charge on any atom is 0.393 e. The zero-order valence-corrected chi connectivity index (χ0v) is 9.04. The molecule has 1 fully saturated rings. The quantitative estimate of drug-likeness (QED) is 0.764. The molecule has 2 heterocycles. The first-order chi connectivity index (χ1) is 7.98. The molecule has 3 nitrogen and oxygen atoms in total. The number of piperidine rings is 1. The van der Waals surface area contributed by atoms with E-state index >= 15 is 0 Å². The molecule has 1 aliphatic heterocycles. The minimum absolute atomic E-state index is 0.0959. The van der Waals surface area contributed by atoms with Crippen LogP contribution in [0.4, 0.5) is 13.2 Å². The van der Waals surface area contributed by atoms with E-state index < -0.39 is 18.0 Å². The highest BCUT2D eigenvalue weighted by Gasteiger charge is 2.42. The second-order valence-corrected chi connectivity index (χ2v) is 4.14. The summed E-state index contributed by atoms with van der Waals surface area (Å²) in [6, 6.07) is 1.46. The molecule has 1 amide bonds. The number of hydrogen-bond acceptors (Lipinski definition) is 2. The average Bonchev–Trinajstić information content (AvgIpc) is 2.80. The molecule has 1 atom stereocenters. The van der Waals surface area contributed by atoms with Crippen molar-refractivity contribution in [3.8, 4) is 0 Å². The summed E-state index contributed by atoms with van der Waals surface area (Å²) >= 11 is 0. The standard InChI is InChI=1S/C11H12F3NO2/c12-11(13,14)9-2-1-4-15(6-9)10(16)8-3-5-17-7-8/h3,5,7,9H,1-2,4,6H2. The van der Waals surface area contributed by atoms with Gasteiger partial charge < -0.3 is 9.32 Å². The Bertz CT molecular complexity index is 386. The van der Waals surface area contributed by atoms with Crippen LogP contribution in [0.15, 0.2) is 23.0 Å². The minimum atomic E-state index is -4.23. The number of carbonyl (C=O) groups excluding carboxylic acids is 1. The fourth-order valence-corrected chi connectivity index (χ4v) is 2.00. The molecule has 1 saturated heterocycles. The highest BCUT2D eigenvalue weighted by atomic mass is 19.4. The maximum atomic E-state index is 12.6. The molecular weight excluding hydrogens is 235 g/mol. The predicted molar refractivity (Wildman–Crippen MR) is 53.4 cm³/mol. The Balaban J connectivity index is 2.05. The Hall–Kier alpha value is -1.46. The molecule has 1 unspecified atom stereocenters. The normalized spacial score (nSPS) is 21.6. The third-order valence-corrected chi connectivity index (χ3v) is 2.94. The summed E-state index contributed by atoms with van der Waals surface area (Å²) in [7, 11) is 0. The van der Waals surface area contributed by atoms with Gasteiger partial charge in [-0.1, -0.05) is 0 Å². The van der Waals surface area contributed by atoms with E-state index in [4.69, 9.17) is 4.42 Å². The van der Waals surface area contributed by atoms with Crippen LogP contribution in [0, 0.1) is 5.92 Å². The lowest BCUT2D eigenvalue weighted by atomic mass is 9.97. The topological polar surface area (TPSA) is 33.5 Å². The molecule has 0 saturated carbocycles. The van der Waals surface area contributed by atoms with Gasteiger partial charge in [-0.25, -0.2) is 0 Å². The molecule has 6 heteroatoms. The first-order valence-electron chi connectivity index (χ1n) is 5.36. The third kappa shape index (κ3) is 2.62. The predicted octanol–water partition coefficient (Wildman–Crippen LogP) is 2.69. The first kappa shape index (κ1) is 12.0. The van der Waals surface area contributed by atoms with Crippen molar-refractivity contribution < 1.29 is 22.4 Å². The molecule has 17 heavy (non-hydrogen) atoms. The van der Waals surface area contributed by atoms with Gasteiger partial charge in [-0.2, -0.15) is 13.2 Å². The van der Waals surface area contributed by atoms with Crippen molar-refractivity contribution in [2.75, 3.05) is 13.1 Å². The van der Waals surface area contributed by atoms with Crippen LogP contribution < -0.4 is 0 Å². The molecule has 0 bridgehead atoms. The molecule has 0 aliphatic carbocycles. The molecule has 0 spiro atoms. The lowest BCUT2D eigenvalue weighted by Crippen LogP contribution is -2.44. The maximum absolute atomic E-state index is 12.6. The zero-order chi connectivity index (χ0) is 12.5. The minimum Gasteiger partial charge on any atom is -0.472 e. The number of halogens is 3. The fraction of sp³-hybridized carbons (Fsp3) is 0.545. The number of rotatable bonds is 1. The lowest BCUT2D eigenvalue weighted by Gasteiger charge is -2.33. The molecule has 0 aromatic carbocycles. The van der Waals surface area contributed by atoms with Crippen LogP contribution in [-0.2, 0) is 0 Å². The van der Waals surface area contributed by atoms with Gasteiger partial charge in [0.1, 0.15) is 6.26 Å². The van der Waals surface area contributed by atoms with E-state index in [9.17, 15) is 18.0 Å². The average molecular weight is 247 g/mol. The molecule has 0 N–H and O–H groups in total. The van der Waals surface area contributed by atoms with Crippen LogP contribution in [0.3, 0.4) is 0 Å². The van der Waals surface area contributed by atoms with E-state index in [1.54, 1.807) is 0 Å². The molecule has 1 aromatic heterocycles. The highest BCUT2D eigenvalue weighted by Crippen LogP contribution is 2.33. The van der Waals surface area contributed by atoms with Gasteiger partial charge in [-0.05, 0) is 18.9 Å². The number of amides is 1. The van der Waals surface area contributed by atoms with Crippen LogP contribution in [0.1, 0.15) is 23.2 Å². The van der Waals surface area contributed by atoms with E-state index in [1.165, 1.54) is 23.5 Å².